The van der Waals surface area contributed by atoms with E-state index in [1.54, 1.807) is 6.07 Å². The molecular formula is C16H16ClNO2. The predicted octanol–water partition coefficient (Wildman–Crippen LogP) is 3.76. The highest BCUT2D eigenvalue weighted by Crippen LogP contribution is 2.22. The smallest absolute Gasteiger partial charge is 0.339 e. The van der Waals surface area contributed by atoms with Gasteiger partial charge in [-0.1, -0.05) is 35.9 Å². The normalized spacial score (nSPS) is 10.2. The van der Waals surface area contributed by atoms with Gasteiger partial charge in [0.1, 0.15) is 0 Å². The monoisotopic (exact) mass is 289 g/mol. The summed E-state index contributed by atoms with van der Waals surface area (Å²) in [6.45, 7) is 0.661. The molecule has 3 nitrogen and oxygen atoms in total. The lowest BCUT2D eigenvalue weighted by Crippen LogP contribution is -2.19. The summed E-state index contributed by atoms with van der Waals surface area (Å²) >= 11 is 5.99. The summed E-state index contributed by atoms with van der Waals surface area (Å²) in [7, 11) is 3.32. The molecule has 0 saturated carbocycles. The van der Waals surface area contributed by atoms with Crippen LogP contribution in [0.1, 0.15) is 15.9 Å². The number of hydrogen-bond acceptors (Lipinski definition) is 3. The van der Waals surface area contributed by atoms with Gasteiger partial charge in [-0.2, -0.15) is 0 Å². The minimum atomic E-state index is -0.335. The zero-order valence-electron chi connectivity index (χ0n) is 11.5. The highest BCUT2D eigenvalue weighted by molar-refractivity contribution is 6.30. The number of esters is 1. The van der Waals surface area contributed by atoms with Gasteiger partial charge in [-0.25, -0.2) is 4.79 Å². The maximum absolute atomic E-state index is 11.8. The van der Waals surface area contributed by atoms with Crippen LogP contribution in [-0.2, 0) is 11.3 Å². The molecule has 0 saturated heterocycles. The molecule has 2 rings (SSSR count). The van der Waals surface area contributed by atoms with Crippen LogP contribution in [0.5, 0.6) is 0 Å². The second-order valence-electron chi connectivity index (χ2n) is 4.49. The minimum Gasteiger partial charge on any atom is -0.465 e. The van der Waals surface area contributed by atoms with E-state index < -0.39 is 0 Å². The molecule has 4 heteroatoms. The van der Waals surface area contributed by atoms with E-state index in [-0.39, 0.29) is 5.97 Å². The van der Waals surface area contributed by atoms with Gasteiger partial charge in [-0.15, -0.1) is 0 Å². The van der Waals surface area contributed by atoms with Crippen LogP contribution in [0.15, 0.2) is 48.5 Å². The summed E-state index contributed by atoms with van der Waals surface area (Å²) in [4.78, 5) is 13.8. The van der Waals surface area contributed by atoms with Gasteiger partial charge >= 0.3 is 5.97 Å². The van der Waals surface area contributed by atoms with Gasteiger partial charge < -0.3 is 9.64 Å². The van der Waals surface area contributed by atoms with Crippen LogP contribution in [0.3, 0.4) is 0 Å². The molecule has 2 aromatic rings. The van der Waals surface area contributed by atoms with E-state index in [4.69, 9.17) is 16.3 Å². The van der Waals surface area contributed by atoms with Crippen molar-refractivity contribution in [2.45, 2.75) is 6.54 Å². The topological polar surface area (TPSA) is 29.5 Å². The minimum absolute atomic E-state index is 0.335. The molecule has 0 bridgehead atoms. The van der Waals surface area contributed by atoms with Crippen LogP contribution >= 0.6 is 11.6 Å². The molecular weight excluding hydrogens is 274 g/mol. The lowest BCUT2D eigenvalue weighted by molar-refractivity contribution is 0.0601. The second-order valence-corrected chi connectivity index (χ2v) is 4.93. The molecule has 0 N–H and O–H groups in total. The van der Waals surface area contributed by atoms with E-state index in [0.717, 1.165) is 11.3 Å². The fourth-order valence-corrected chi connectivity index (χ4v) is 2.30. The Balaban J connectivity index is 2.25. The van der Waals surface area contributed by atoms with Gasteiger partial charge in [0.25, 0.3) is 0 Å². The van der Waals surface area contributed by atoms with Crippen molar-refractivity contribution < 1.29 is 9.53 Å². The number of ether oxygens (including phenoxy) is 1. The Bertz CT molecular complexity index is 613. The Morgan fingerprint density at radius 3 is 2.65 bits per heavy atom. The van der Waals surface area contributed by atoms with Crippen LogP contribution in [-0.4, -0.2) is 20.1 Å². The van der Waals surface area contributed by atoms with E-state index >= 15 is 0 Å². The van der Waals surface area contributed by atoms with Crippen molar-refractivity contribution >= 4 is 23.3 Å². The number of nitrogens with zero attached hydrogens (tertiary/aromatic N) is 1. The number of benzene rings is 2. The molecule has 0 aromatic heterocycles. The first-order valence-corrected chi connectivity index (χ1v) is 6.62. The van der Waals surface area contributed by atoms with Crippen molar-refractivity contribution in [3.63, 3.8) is 0 Å². The standard InChI is InChI=1S/C16H16ClNO2/c1-18(11-12-6-5-7-13(17)10-12)15-9-4-3-8-14(15)16(19)20-2/h3-10H,11H2,1-2H3. The van der Waals surface area contributed by atoms with Gasteiger partial charge in [0.2, 0.25) is 0 Å². The van der Waals surface area contributed by atoms with Crippen LogP contribution in [0.4, 0.5) is 5.69 Å². The van der Waals surface area contributed by atoms with Crippen LogP contribution in [0.25, 0.3) is 0 Å². The lowest BCUT2D eigenvalue weighted by atomic mass is 10.1. The molecule has 0 atom stereocenters. The number of para-hydroxylation sites is 1. The summed E-state index contributed by atoms with van der Waals surface area (Å²) in [6.07, 6.45) is 0. The molecule has 0 fully saturated rings. The van der Waals surface area contributed by atoms with Gasteiger partial charge in [-0.05, 0) is 29.8 Å². The Morgan fingerprint density at radius 2 is 1.95 bits per heavy atom. The molecule has 0 amide bonds. The molecule has 0 aliphatic carbocycles. The fraction of sp³-hybridized carbons (Fsp3) is 0.188. The third-order valence-electron chi connectivity index (χ3n) is 3.03. The van der Waals surface area contributed by atoms with Crippen molar-refractivity contribution in [2.75, 3.05) is 19.1 Å². The summed E-state index contributed by atoms with van der Waals surface area (Å²) in [5.74, 6) is -0.335. The quantitative estimate of drug-likeness (QED) is 0.803. The summed E-state index contributed by atoms with van der Waals surface area (Å²) < 4.78 is 4.81. The average Bonchev–Trinajstić information content (AvgIpc) is 2.46. The van der Waals surface area contributed by atoms with Crippen LogP contribution < -0.4 is 4.90 Å². The number of rotatable bonds is 4. The largest absolute Gasteiger partial charge is 0.465 e. The second kappa shape index (κ2) is 6.44. The molecule has 2 aromatic carbocycles. The third-order valence-corrected chi connectivity index (χ3v) is 3.26. The molecule has 20 heavy (non-hydrogen) atoms. The lowest BCUT2D eigenvalue weighted by Gasteiger charge is -2.21. The van der Waals surface area contributed by atoms with E-state index in [1.807, 2.05) is 54.4 Å². The zero-order chi connectivity index (χ0) is 14.5. The Hall–Kier alpha value is -2.00. The zero-order valence-corrected chi connectivity index (χ0v) is 12.2. The number of hydrogen-bond donors (Lipinski definition) is 0. The number of halogens is 1. The van der Waals surface area contributed by atoms with Gasteiger partial charge in [0, 0.05) is 18.6 Å². The first kappa shape index (κ1) is 14.4. The van der Waals surface area contributed by atoms with Gasteiger partial charge in [-0.3, -0.25) is 0 Å². The first-order chi connectivity index (χ1) is 9.61. The SMILES string of the molecule is COC(=O)c1ccccc1N(C)Cc1cccc(Cl)c1. The molecule has 0 radical (unpaired) electrons. The number of carbonyl (C=O) groups is 1. The molecule has 104 valence electrons. The highest BCUT2D eigenvalue weighted by atomic mass is 35.5. The van der Waals surface area contributed by atoms with Crippen LogP contribution in [0.2, 0.25) is 5.02 Å². The summed E-state index contributed by atoms with van der Waals surface area (Å²) in [5.41, 5.74) is 2.47. The molecule has 0 aliphatic heterocycles. The molecule has 0 spiro atoms. The maximum atomic E-state index is 11.8. The van der Waals surface area contributed by atoms with Crippen molar-refractivity contribution in [1.82, 2.24) is 0 Å². The van der Waals surface area contributed by atoms with Crippen molar-refractivity contribution in [3.8, 4) is 0 Å². The predicted molar refractivity (Wildman–Crippen MR) is 81.3 cm³/mol. The van der Waals surface area contributed by atoms with Crippen molar-refractivity contribution in [1.29, 1.82) is 0 Å². The van der Waals surface area contributed by atoms with Crippen molar-refractivity contribution in [3.05, 3.63) is 64.7 Å². The van der Waals surface area contributed by atoms with Crippen LogP contribution in [0, 0.1) is 0 Å². The van der Waals surface area contributed by atoms with E-state index in [0.29, 0.717) is 17.1 Å². The third kappa shape index (κ3) is 3.31. The summed E-state index contributed by atoms with van der Waals surface area (Å²) in [6, 6.07) is 15.1. The van der Waals surface area contributed by atoms with Gasteiger partial charge in [0.05, 0.1) is 18.4 Å². The van der Waals surface area contributed by atoms with Gasteiger partial charge in [0.15, 0.2) is 0 Å². The highest BCUT2D eigenvalue weighted by Gasteiger charge is 2.14. The maximum Gasteiger partial charge on any atom is 0.339 e. The Morgan fingerprint density at radius 1 is 1.20 bits per heavy atom. The number of methoxy groups -OCH3 is 1. The molecule has 0 aliphatic rings. The van der Waals surface area contributed by atoms with Crippen molar-refractivity contribution in [2.24, 2.45) is 0 Å². The van der Waals surface area contributed by atoms with E-state index in [2.05, 4.69) is 0 Å². The Kier molecular flexibility index (Phi) is 4.64. The average molecular weight is 290 g/mol. The summed E-state index contributed by atoms with van der Waals surface area (Å²) in [5, 5.41) is 0.706. The Labute approximate surface area is 123 Å². The number of anilines is 1. The molecule has 0 heterocycles. The van der Waals surface area contributed by atoms with E-state index in [1.165, 1.54) is 7.11 Å². The van der Waals surface area contributed by atoms with E-state index in [9.17, 15) is 4.79 Å². The number of carbonyl (C=O) groups excluding carboxylic acids is 1. The molecule has 0 unspecified atom stereocenters. The first-order valence-electron chi connectivity index (χ1n) is 6.24. The fourth-order valence-electron chi connectivity index (χ4n) is 2.08.